The highest BCUT2D eigenvalue weighted by Gasteiger charge is 2.26. The number of halogens is 2. The molecule has 2 aromatic heterocycles. The summed E-state index contributed by atoms with van der Waals surface area (Å²) in [6.07, 6.45) is 0. The van der Waals surface area contributed by atoms with E-state index in [1.165, 1.54) is 26.0 Å². The number of hydrogen-bond donors (Lipinski definition) is 3. The van der Waals surface area contributed by atoms with Crippen LogP contribution in [-0.4, -0.2) is 34.9 Å². The topological polar surface area (TPSA) is 156 Å². The summed E-state index contributed by atoms with van der Waals surface area (Å²) in [5, 5.41) is 25.7. The number of oxime groups is 1. The van der Waals surface area contributed by atoms with E-state index < -0.39 is 15.8 Å². The molecule has 0 amide bonds. The largest absolute Gasteiger partial charge is 0.409 e. The summed E-state index contributed by atoms with van der Waals surface area (Å²) in [7, 11) is -3.97. The average Bonchev–Trinajstić information content (AvgIpc) is 3.27. The van der Waals surface area contributed by atoms with Gasteiger partial charge in [-0.05, 0) is 37.2 Å². The van der Waals surface area contributed by atoms with Crippen LogP contribution in [0.3, 0.4) is 0 Å². The summed E-state index contributed by atoms with van der Waals surface area (Å²) < 4.78 is 50.1. The number of amidine groups is 1. The number of nitrogens with zero attached hydrogens (tertiary/aromatic N) is 4. The maximum Gasteiger partial charge on any atom is 0.246 e. The maximum absolute atomic E-state index is 13.3. The quantitative estimate of drug-likeness (QED) is 0.224. The molecule has 3 N–H and O–H groups in total. The van der Waals surface area contributed by atoms with Crippen molar-refractivity contribution in [2.45, 2.75) is 25.3 Å². The fraction of sp³-hybridized carbons (Fsp3) is 0.200. The monoisotopic (exact) mass is 444 g/mol. The van der Waals surface area contributed by atoms with Crippen molar-refractivity contribution in [3.63, 3.8) is 0 Å². The van der Waals surface area contributed by atoms with Gasteiger partial charge in [-0.1, -0.05) is 27.1 Å². The van der Waals surface area contributed by atoms with Crippen LogP contribution in [0, 0.1) is 19.7 Å². The van der Waals surface area contributed by atoms with Crippen LogP contribution in [0.5, 0.6) is 0 Å². The number of aryl methyl sites for hydroxylation is 2. The lowest BCUT2D eigenvalue weighted by atomic mass is 10.2. The first-order valence-electron chi connectivity index (χ1n) is 7.91. The molecule has 1 aromatic carbocycles. The predicted molar refractivity (Wildman–Crippen MR) is 97.7 cm³/mol. The Hall–Kier alpha value is -3.03. The molecule has 0 aliphatic heterocycles. The van der Waals surface area contributed by atoms with Crippen LogP contribution in [0.4, 0.5) is 10.1 Å². The van der Waals surface area contributed by atoms with E-state index in [9.17, 15) is 18.0 Å². The number of nitrogens with one attached hydrogen (secondary N) is 2. The first-order valence-corrected chi connectivity index (χ1v) is 9.77. The third kappa shape index (κ3) is 4.36. The van der Waals surface area contributed by atoms with E-state index in [4.69, 9.17) is 16.1 Å². The molecular weight excluding hydrogens is 431 g/mol. The van der Waals surface area contributed by atoms with Gasteiger partial charge in [-0.2, -0.15) is 0 Å². The molecule has 0 saturated heterocycles. The average molecular weight is 445 g/mol. The van der Waals surface area contributed by atoms with E-state index in [0.717, 1.165) is 6.07 Å². The molecule has 0 bridgehead atoms. The van der Waals surface area contributed by atoms with Crippen molar-refractivity contribution in [2.24, 2.45) is 5.16 Å². The fourth-order valence-corrected chi connectivity index (χ4v) is 3.93. The Bertz CT molecular complexity index is 1160. The first-order chi connectivity index (χ1) is 13.7. The van der Waals surface area contributed by atoms with Crippen LogP contribution in [-0.2, 0) is 16.6 Å². The van der Waals surface area contributed by atoms with Crippen molar-refractivity contribution in [1.82, 2.24) is 20.2 Å². The number of aromatic nitrogens is 3. The summed E-state index contributed by atoms with van der Waals surface area (Å²) in [6.45, 7) is 2.62. The SMILES string of the molecule is Cc1noc(C)c1S(=O)(=O)NCc1nonc1C(=NO)Nc1ccc(F)c(Cl)c1. The maximum atomic E-state index is 13.3. The fourth-order valence-electron chi connectivity index (χ4n) is 2.44. The smallest absolute Gasteiger partial charge is 0.246 e. The standard InChI is InChI=1S/C15H14ClFN6O5S/c1-7-14(8(2)27-21-7)29(25,26)18-6-12-13(23-28-22-12)15(20-24)19-9-3-4-11(17)10(16)5-9/h3-5,18,24H,6H2,1-2H3,(H,19,20). The number of anilines is 1. The van der Waals surface area contributed by atoms with Gasteiger partial charge in [0.1, 0.15) is 22.1 Å². The summed E-state index contributed by atoms with van der Waals surface area (Å²) >= 11 is 5.72. The van der Waals surface area contributed by atoms with E-state index in [-0.39, 0.29) is 50.8 Å². The zero-order chi connectivity index (χ0) is 21.2. The van der Waals surface area contributed by atoms with Crippen molar-refractivity contribution in [2.75, 3.05) is 5.32 Å². The number of sulfonamides is 1. The molecule has 3 aromatic rings. The number of rotatable bonds is 6. The van der Waals surface area contributed by atoms with Gasteiger partial charge in [-0.15, -0.1) is 0 Å². The van der Waals surface area contributed by atoms with Gasteiger partial charge in [0.2, 0.25) is 15.9 Å². The molecule has 0 aliphatic carbocycles. The van der Waals surface area contributed by atoms with Crippen LogP contribution in [0.15, 0.2) is 37.4 Å². The van der Waals surface area contributed by atoms with Crippen LogP contribution in [0.2, 0.25) is 5.02 Å². The Labute approximate surface area is 168 Å². The van der Waals surface area contributed by atoms with Gasteiger partial charge >= 0.3 is 0 Å². The third-order valence-electron chi connectivity index (χ3n) is 3.73. The molecule has 0 atom stereocenters. The predicted octanol–water partition coefficient (Wildman–Crippen LogP) is 2.19. The van der Waals surface area contributed by atoms with Crippen LogP contribution >= 0.6 is 11.6 Å². The summed E-state index contributed by atoms with van der Waals surface area (Å²) in [6, 6.07) is 3.72. The molecule has 0 spiro atoms. The second-order valence-electron chi connectivity index (χ2n) is 5.74. The molecule has 0 saturated carbocycles. The van der Waals surface area contributed by atoms with Gasteiger partial charge in [-0.3, -0.25) is 0 Å². The molecule has 14 heteroatoms. The Morgan fingerprint density at radius 3 is 2.69 bits per heavy atom. The Morgan fingerprint density at radius 2 is 2.07 bits per heavy atom. The molecule has 0 fully saturated rings. The van der Waals surface area contributed by atoms with Gasteiger partial charge in [0.25, 0.3) is 0 Å². The summed E-state index contributed by atoms with van der Waals surface area (Å²) in [5.74, 6) is -0.723. The van der Waals surface area contributed by atoms with Gasteiger partial charge in [0.15, 0.2) is 11.5 Å². The summed E-state index contributed by atoms with van der Waals surface area (Å²) in [5.41, 5.74) is 0.429. The van der Waals surface area contributed by atoms with Gasteiger partial charge in [0, 0.05) is 5.69 Å². The highest BCUT2D eigenvalue weighted by atomic mass is 35.5. The Morgan fingerprint density at radius 1 is 1.31 bits per heavy atom. The van der Waals surface area contributed by atoms with Crippen LogP contribution < -0.4 is 10.0 Å². The Kier molecular flexibility index (Phi) is 5.81. The van der Waals surface area contributed by atoms with E-state index >= 15 is 0 Å². The van der Waals surface area contributed by atoms with Crippen molar-refractivity contribution in [3.05, 3.63) is 51.9 Å². The number of benzene rings is 1. The van der Waals surface area contributed by atoms with E-state index in [2.05, 4.69) is 35.3 Å². The molecule has 2 heterocycles. The van der Waals surface area contributed by atoms with Crippen molar-refractivity contribution in [1.29, 1.82) is 0 Å². The molecule has 0 unspecified atom stereocenters. The van der Waals surface area contributed by atoms with E-state index in [1.54, 1.807) is 0 Å². The minimum Gasteiger partial charge on any atom is -0.409 e. The molecule has 154 valence electrons. The first kappa shape index (κ1) is 20.7. The van der Waals surface area contributed by atoms with Gasteiger partial charge in [-0.25, -0.2) is 22.2 Å². The normalized spacial score (nSPS) is 12.3. The Balaban J connectivity index is 1.80. The van der Waals surface area contributed by atoms with E-state index in [1.807, 2.05) is 0 Å². The second-order valence-corrected chi connectivity index (χ2v) is 7.85. The summed E-state index contributed by atoms with van der Waals surface area (Å²) in [4.78, 5) is -0.0920. The minimum absolute atomic E-state index is 0.0221. The minimum atomic E-state index is -3.97. The lowest BCUT2D eigenvalue weighted by Gasteiger charge is -2.08. The molecule has 29 heavy (non-hydrogen) atoms. The molecular formula is C15H14ClFN6O5S. The van der Waals surface area contributed by atoms with Crippen LogP contribution in [0.1, 0.15) is 22.8 Å². The number of hydrogen-bond acceptors (Lipinski definition) is 9. The lowest BCUT2D eigenvalue weighted by Crippen LogP contribution is -2.26. The van der Waals surface area contributed by atoms with Crippen molar-refractivity contribution >= 4 is 33.1 Å². The molecule has 0 radical (unpaired) electrons. The molecule has 11 nitrogen and oxygen atoms in total. The third-order valence-corrected chi connectivity index (χ3v) is 5.66. The molecule has 0 aliphatic rings. The highest BCUT2D eigenvalue weighted by molar-refractivity contribution is 7.89. The lowest BCUT2D eigenvalue weighted by molar-refractivity contribution is 0.300. The zero-order valence-electron chi connectivity index (χ0n) is 15.0. The van der Waals surface area contributed by atoms with E-state index in [0.29, 0.717) is 0 Å². The van der Waals surface area contributed by atoms with Crippen molar-refractivity contribution in [3.8, 4) is 0 Å². The van der Waals surface area contributed by atoms with Crippen LogP contribution in [0.25, 0.3) is 0 Å². The second kappa shape index (κ2) is 8.14. The van der Waals surface area contributed by atoms with Crippen molar-refractivity contribution < 1.29 is 27.2 Å². The molecule has 3 rings (SSSR count). The highest BCUT2D eigenvalue weighted by Crippen LogP contribution is 2.21. The zero-order valence-corrected chi connectivity index (χ0v) is 16.5. The van der Waals surface area contributed by atoms with Gasteiger partial charge < -0.3 is 15.0 Å². The van der Waals surface area contributed by atoms with Gasteiger partial charge in [0.05, 0.1) is 11.6 Å².